The van der Waals surface area contributed by atoms with E-state index in [0.29, 0.717) is 43.3 Å². The zero-order valence-corrected chi connectivity index (χ0v) is 12.2. The van der Waals surface area contributed by atoms with E-state index in [2.05, 4.69) is 20.0 Å². The second-order valence-electron chi connectivity index (χ2n) is 4.72. The molecule has 2 aromatic heterocycles. The van der Waals surface area contributed by atoms with Gasteiger partial charge >= 0.3 is 0 Å². The smallest absolute Gasteiger partial charge is 0.279 e. The van der Waals surface area contributed by atoms with Crippen LogP contribution in [-0.4, -0.2) is 48.2 Å². The molecule has 1 fully saturated rings. The largest absolute Gasteiger partial charge is 0.364 e. The van der Waals surface area contributed by atoms with Crippen molar-refractivity contribution >= 4 is 10.2 Å². The standard InChI is InChI=1S/C11H15N5O4S/c1-12-21(17,18)16-5-2-8(3-6-16)11-13-10(15-20-11)9-4-7-19-14-9/h4,7-8,12H,2-3,5-6H2,1H3. The minimum Gasteiger partial charge on any atom is -0.364 e. The predicted molar refractivity (Wildman–Crippen MR) is 71.3 cm³/mol. The summed E-state index contributed by atoms with van der Waals surface area (Å²) in [5.74, 6) is 0.944. The molecule has 1 N–H and O–H groups in total. The van der Waals surface area contributed by atoms with Crippen molar-refractivity contribution in [3.63, 3.8) is 0 Å². The van der Waals surface area contributed by atoms with E-state index in [1.165, 1.54) is 17.6 Å². The average molecular weight is 313 g/mol. The number of rotatable bonds is 4. The van der Waals surface area contributed by atoms with Crippen LogP contribution in [-0.2, 0) is 10.2 Å². The molecule has 114 valence electrons. The second kappa shape index (κ2) is 5.54. The summed E-state index contributed by atoms with van der Waals surface area (Å²) in [6.45, 7) is 0.852. The minimum absolute atomic E-state index is 0.0569. The Morgan fingerprint density at radius 1 is 1.33 bits per heavy atom. The maximum absolute atomic E-state index is 11.7. The van der Waals surface area contributed by atoms with Gasteiger partial charge in [0, 0.05) is 32.1 Å². The SMILES string of the molecule is CNS(=O)(=O)N1CCC(c2nc(-c3ccon3)no2)CC1. The van der Waals surface area contributed by atoms with Gasteiger partial charge in [0.15, 0.2) is 5.69 Å². The van der Waals surface area contributed by atoms with E-state index in [1.54, 1.807) is 6.07 Å². The van der Waals surface area contributed by atoms with Crippen LogP contribution in [0.4, 0.5) is 0 Å². The van der Waals surface area contributed by atoms with Crippen molar-refractivity contribution in [2.45, 2.75) is 18.8 Å². The molecule has 3 rings (SSSR count). The highest BCUT2D eigenvalue weighted by Crippen LogP contribution is 2.28. The van der Waals surface area contributed by atoms with E-state index in [1.807, 2.05) is 0 Å². The highest BCUT2D eigenvalue weighted by atomic mass is 32.2. The molecule has 0 bridgehead atoms. The van der Waals surface area contributed by atoms with Crippen molar-refractivity contribution in [3.05, 3.63) is 18.2 Å². The monoisotopic (exact) mass is 313 g/mol. The molecule has 1 aliphatic heterocycles. The first-order valence-corrected chi connectivity index (χ1v) is 7.97. The van der Waals surface area contributed by atoms with Gasteiger partial charge in [0.25, 0.3) is 10.2 Å². The number of nitrogens with zero attached hydrogens (tertiary/aromatic N) is 4. The van der Waals surface area contributed by atoms with Crippen LogP contribution in [0, 0.1) is 0 Å². The van der Waals surface area contributed by atoms with Crippen molar-refractivity contribution in [1.82, 2.24) is 24.3 Å². The Bertz CT molecular complexity index is 688. The van der Waals surface area contributed by atoms with Crippen molar-refractivity contribution in [1.29, 1.82) is 0 Å². The first-order valence-electron chi connectivity index (χ1n) is 6.53. The maximum Gasteiger partial charge on any atom is 0.279 e. The highest BCUT2D eigenvalue weighted by molar-refractivity contribution is 7.87. The summed E-state index contributed by atoms with van der Waals surface area (Å²) in [7, 11) is -1.96. The topological polar surface area (TPSA) is 114 Å². The zero-order chi connectivity index (χ0) is 14.9. The van der Waals surface area contributed by atoms with E-state index in [9.17, 15) is 8.42 Å². The van der Waals surface area contributed by atoms with E-state index in [4.69, 9.17) is 9.05 Å². The van der Waals surface area contributed by atoms with Gasteiger partial charge in [-0.2, -0.15) is 17.7 Å². The average Bonchev–Trinajstić information content (AvgIpc) is 3.18. The predicted octanol–water partition coefficient (Wildman–Crippen LogP) is 0.368. The first-order chi connectivity index (χ1) is 10.1. The molecule has 0 aliphatic carbocycles. The van der Waals surface area contributed by atoms with Crippen LogP contribution in [0.3, 0.4) is 0 Å². The normalized spacial score (nSPS) is 18.1. The van der Waals surface area contributed by atoms with Gasteiger partial charge in [0.1, 0.15) is 6.26 Å². The molecular formula is C11H15N5O4S. The van der Waals surface area contributed by atoms with Gasteiger partial charge in [-0.05, 0) is 12.8 Å². The van der Waals surface area contributed by atoms with Gasteiger partial charge in [-0.25, -0.2) is 4.72 Å². The van der Waals surface area contributed by atoms with E-state index >= 15 is 0 Å². The molecule has 0 radical (unpaired) electrons. The summed E-state index contributed by atoms with van der Waals surface area (Å²) >= 11 is 0. The maximum atomic E-state index is 11.7. The molecule has 0 unspecified atom stereocenters. The molecule has 9 nitrogen and oxygen atoms in total. The van der Waals surface area contributed by atoms with Crippen LogP contribution < -0.4 is 4.72 Å². The molecule has 1 aliphatic rings. The summed E-state index contributed by atoms with van der Waals surface area (Å²) in [6, 6.07) is 1.65. The summed E-state index contributed by atoms with van der Waals surface area (Å²) < 4.78 is 37.1. The fourth-order valence-electron chi connectivity index (χ4n) is 2.31. The zero-order valence-electron chi connectivity index (χ0n) is 11.4. The van der Waals surface area contributed by atoms with E-state index < -0.39 is 10.2 Å². The summed E-state index contributed by atoms with van der Waals surface area (Å²) in [5, 5.41) is 7.61. The molecule has 0 spiro atoms. The Morgan fingerprint density at radius 3 is 2.71 bits per heavy atom. The molecule has 10 heteroatoms. The lowest BCUT2D eigenvalue weighted by Crippen LogP contribution is -2.43. The lowest BCUT2D eigenvalue weighted by Gasteiger charge is -2.28. The van der Waals surface area contributed by atoms with Crippen molar-refractivity contribution in [2.24, 2.45) is 0 Å². The quantitative estimate of drug-likeness (QED) is 0.867. The molecule has 21 heavy (non-hydrogen) atoms. The molecule has 0 atom stereocenters. The number of hydrogen-bond donors (Lipinski definition) is 1. The van der Waals surface area contributed by atoms with Gasteiger partial charge in [0.05, 0.1) is 0 Å². The van der Waals surface area contributed by atoms with Crippen LogP contribution in [0.5, 0.6) is 0 Å². The molecule has 2 aromatic rings. The molecule has 0 aromatic carbocycles. The van der Waals surface area contributed by atoms with Crippen molar-refractivity contribution < 1.29 is 17.5 Å². The fourth-order valence-corrected chi connectivity index (χ4v) is 3.25. The molecular weight excluding hydrogens is 298 g/mol. The van der Waals surface area contributed by atoms with Gasteiger partial charge in [-0.15, -0.1) is 0 Å². The van der Waals surface area contributed by atoms with Gasteiger partial charge in [-0.1, -0.05) is 10.3 Å². The number of nitrogens with one attached hydrogen (secondary N) is 1. The van der Waals surface area contributed by atoms with Crippen LogP contribution in [0.1, 0.15) is 24.7 Å². The van der Waals surface area contributed by atoms with Gasteiger partial charge in [-0.3, -0.25) is 0 Å². The van der Waals surface area contributed by atoms with Gasteiger partial charge < -0.3 is 9.05 Å². The number of aromatic nitrogens is 3. The van der Waals surface area contributed by atoms with E-state index in [-0.39, 0.29) is 5.92 Å². The molecule has 1 saturated heterocycles. The summed E-state index contributed by atoms with van der Waals surface area (Å²) in [6.07, 6.45) is 2.72. The first kappa shape index (κ1) is 14.2. The number of hydrogen-bond acceptors (Lipinski definition) is 7. The Kier molecular flexibility index (Phi) is 3.74. The molecule has 0 amide bonds. The summed E-state index contributed by atoms with van der Waals surface area (Å²) in [4.78, 5) is 4.30. The lowest BCUT2D eigenvalue weighted by atomic mass is 9.98. The lowest BCUT2D eigenvalue weighted by molar-refractivity contribution is 0.269. The number of piperidine rings is 1. The van der Waals surface area contributed by atoms with Crippen molar-refractivity contribution in [3.8, 4) is 11.5 Å². The van der Waals surface area contributed by atoms with Crippen LogP contribution in [0.2, 0.25) is 0 Å². The Hall–Kier alpha value is -1.78. The third-order valence-corrected chi connectivity index (χ3v) is 5.07. The van der Waals surface area contributed by atoms with E-state index in [0.717, 1.165) is 0 Å². The second-order valence-corrected chi connectivity index (χ2v) is 6.60. The third-order valence-electron chi connectivity index (χ3n) is 3.51. The Labute approximate surface area is 121 Å². The Balaban J connectivity index is 1.68. The van der Waals surface area contributed by atoms with Crippen LogP contribution in [0.15, 0.2) is 21.4 Å². The Morgan fingerprint density at radius 2 is 2.10 bits per heavy atom. The third kappa shape index (κ3) is 2.82. The van der Waals surface area contributed by atoms with Crippen molar-refractivity contribution in [2.75, 3.05) is 20.1 Å². The highest BCUT2D eigenvalue weighted by Gasteiger charge is 2.30. The minimum atomic E-state index is -3.36. The molecule has 0 saturated carbocycles. The van der Waals surface area contributed by atoms with Crippen LogP contribution >= 0.6 is 0 Å². The van der Waals surface area contributed by atoms with Crippen LogP contribution in [0.25, 0.3) is 11.5 Å². The summed E-state index contributed by atoms with van der Waals surface area (Å²) in [5.41, 5.74) is 0.514. The van der Waals surface area contributed by atoms with Gasteiger partial charge in [0.2, 0.25) is 11.7 Å². The molecule has 3 heterocycles. The fraction of sp³-hybridized carbons (Fsp3) is 0.545.